The van der Waals surface area contributed by atoms with Crippen LogP contribution in [0.5, 0.6) is 12.0 Å². The van der Waals surface area contributed by atoms with Crippen molar-refractivity contribution in [1.29, 1.82) is 0 Å². The second-order valence-electron chi connectivity index (χ2n) is 3.70. The van der Waals surface area contributed by atoms with E-state index in [2.05, 4.69) is 20.3 Å². The maximum atomic E-state index is 12.1. The fourth-order valence-corrected chi connectivity index (χ4v) is 1.11. The van der Waals surface area contributed by atoms with E-state index in [9.17, 15) is 8.78 Å². The quantitative estimate of drug-likeness (QED) is 0.745. The summed E-state index contributed by atoms with van der Waals surface area (Å²) >= 11 is 0. The number of rotatable bonds is 9. The average Bonchev–Trinajstić information content (AvgIpc) is 2.40. The highest BCUT2D eigenvalue weighted by Gasteiger charge is 2.11. The monoisotopic (exact) mass is 276 g/mol. The van der Waals surface area contributed by atoms with Gasteiger partial charge in [-0.1, -0.05) is 13.8 Å². The van der Waals surface area contributed by atoms with Gasteiger partial charge < -0.3 is 14.8 Å². The van der Waals surface area contributed by atoms with Crippen molar-refractivity contribution in [3.05, 3.63) is 0 Å². The van der Waals surface area contributed by atoms with Gasteiger partial charge in [-0.2, -0.15) is 9.97 Å². The van der Waals surface area contributed by atoms with Crippen molar-refractivity contribution in [3.8, 4) is 12.0 Å². The van der Waals surface area contributed by atoms with Gasteiger partial charge >= 0.3 is 12.0 Å². The summed E-state index contributed by atoms with van der Waals surface area (Å²) in [6.45, 7) is 4.25. The standard InChI is InChI=1S/C11H18F2N4O2/c1-3-5-14-9-15-10(18-6-4-2)17-11(16-9)19-7-8(12)13/h8H,3-7H2,1-2H3,(H,14,15,16,17). The third-order valence-corrected chi connectivity index (χ3v) is 1.90. The van der Waals surface area contributed by atoms with Crippen LogP contribution in [0.2, 0.25) is 0 Å². The van der Waals surface area contributed by atoms with E-state index < -0.39 is 13.0 Å². The van der Waals surface area contributed by atoms with Crippen LogP contribution in [0.15, 0.2) is 0 Å². The molecule has 0 saturated carbocycles. The molecule has 1 N–H and O–H groups in total. The molecule has 19 heavy (non-hydrogen) atoms. The van der Waals surface area contributed by atoms with Gasteiger partial charge in [-0.15, -0.1) is 4.98 Å². The number of aromatic nitrogens is 3. The van der Waals surface area contributed by atoms with Gasteiger partial charge in [0.2, 0.25) is 5.95 Å². The smallest absolute Gasteiger partial charge is 0.324 e. The molecule has 0 aliphatic carbocycles. The minimum Gasteiger partial charge on any atom is -0.463 e. The van der Waals surface area contributed by atoms with Crippen LogP contribution in [0.25, 0.3) is 0 Å². The maximum absolute atomic E-state index is 12.1. The number of hydrogen-bond donors (Lipinski definition) is 1. The number of hydrogen-bond acceptors (Lipinski definition) is 6. The highest BCUT2D eigenvalue weighted by Crippen LogP contribution is 2.13. The van der Waals surface area contributed by atoms with Gasteiger partial charge in [-0.3, -0.25) is 0 Å². The van der Waals surface area contributed by atoms with Crippen LogP contribution >= 0.6 is 0 Å². The van der Waals surface area contributed by atoms with Crippen LogP contribution in [-0.4, -0.2) is 41.1 Å². The van der Waals surface area contributed by atoms with E-state index in [0.717, 1.165) is 12.8 Å². The van der Waals surface area contributed by atoms with Crippen molar-refractivity contribution < 1.29 is 18.3 Å². The van der Waals surface area contributed by atoms with E-state index in [4.69, 9.17) is 9.47 Å². The number of alkyl halides is 2. The Bertz CT molecular complexity index is 353. The lowest BCUT2D eigenvalue weighted by Gasteiger charge is -2.09. The zero-order valence-corrected chi connectivity index (χ0v) is 11.0. The number of ether oxygens (including phenoxy) is 2. The molecule has 8 heteroatoms. The topological polar surface area (TPSA) is 69.2 Å². The van der Waals surface area contributed by atoms with E-state index in [0.29, 0.717) is 13.2 Å². The second-order valence-corrected chi connectivity index (χ2v) is 3.70. The summed E-state index contributed by atoms with van der Waals surface area (Å²) in [5.41, 5.74) is 0. The van der Waals surface area contributed by atoms with E-state index in [-0.39, 0.29) is 18.0 Å². The van der Waals surface area contributed by atoms with E-state index in [1.54, 1.807) is 0 Å². The Labute approximate surface area is 110 Å². The Morgan fingerprint density at radius 2 is 1.74 bits per heavy atom. The molecule has 0 unspecified atom stereocenters. The Kier molecular flexibility index (Phi) is 6.76. The Balaban J connectivity index is 2.75. The van der Waals surface area contributed by atoms with Gasteiger partial charge in [0.15, 0.2) is 6.61 Å². The Morgan fingerprint density at radius 3 is 2.32 bits per heavy atom. The first-order chi connectivity index (χ1) is 9.15. The molecule has 0 aromatic carbocycles. The van der Waals surface area contributed by atoms with Gasteiger partial charge in [0.25, 0.3) is 6.43 Å². The van der Waals surface area contributed by atoms with Gasteiger partial charge in [-0.05, 0) is 12.8 Å². The number of nitrogens with zero attached hydrogens (tertiary/aromatic N) is 3. The maximum Gasteiger partial charge on any atom is 0.324 e. The fraction of sp³-hybridized carbons (Fsp3) is 0.727. The third kappa shape index (κ3) is 6.12. The lowest BCUT2D eigenvalue weighted by molar-refractivity contribution is 0.0763. The van der Waals surface area contributed by atoms with Crippen molar-refractivity contribution in [3.63, 3.8) is 0 Å². The largest absolute Gasteiger partial charge is 0.463 e. The normalized spacial score (nSPS) is 10.6. The molecule has 0 spiro atoms. The molecule has 0 aliphatic heterocycles. The van der Waals surface area contributed by atoms with Crippen LogP contribution in [0.3, 0.4) is 0 Å². The fourth-order valence-electron chi connectivity index (χ4n) is 1.11. The van der Waals surface area contributed by atoms with Crippen LogP contribution in [0.4, 0.5) is 14.7 Å². The first-order valence-electron chi connectivity index (χ1n) is 6.19. The number of anilines is 1. The average molecular weight is 276 g/mol. The summed E-state index contributed by atoms with van der Waals surface area (Å²) in [7, 11) is 0. The zero-order chi connectivity index (χ0) is 14.1. The van der Waals surface area contributed by atoms with Crippen molar-refractivity contribution in [2.75, 3.05) is 25.1 Å². The lowest BCUT2D eigenvalue weighted by atomic mass is 10.5. The molecular formula is C11H18F2N4O2. The molecule has 108 valence electrons. The SMILES string of the molecule is CCCNc1nc(OCCC)nc(OCC(F)F)n1. The molecule has 0 bridgehead atoms. The highest BCUT2D eigenvalue weighted by molar-refractivity contribution is 5.27. The van der Waals surface area contributed by atoms with E-state index in [1.165, 1.54) is 0 Å². The predicted molar refractivity (Wildman–Crippen MR) is 65.9 cm³/mol. The molecule has 1 aromatic rings. The minimum atomic E-state index is -2.58. The van der Waals surface area contributed by atoms with Gasteiger partial charge in [0, 0.05) is 6.54 Å². The predicted octanol–water partition coefficient (Wildman–Crippen LogP) is 2.13. The molecular weight excluding hydrogens is 258 g/mol. The van der Waals surface area contributed by atoms with Crippen LogP contribution in [-0.2, 0) is 0 Å². The van der Waals surface area contributed by atoms with Gasteiger partial charge in [0.05, 0.1) is 6.61 Å². The van der Waals surface area contributed by atoms with E-state index in [1.807, 2.05) is 13.8 Å². The molecule has 0 saturated heterocycles. The number of halogens is 2. The number of nitrogens with one attached hydrogen (secondary N) is 1. The van der Waals surface area contributed by atoms with Gasteiger partial charge in [-0.25, -0.2) is 8.78 Å². The van der Waals surface area contributed by atoms with Crippen molar-refractivity contribution >= 4 is 5.95 Å². The Morgan fingerprint density at radius 1 is 1.05 bits per heavy atom. The first kappa shape index (κ1) is 15.3. The summed E-state index contributed by atoms with van der Waals surface area (Å²) in [6, 6.07) is -0.0975. The van der Waals surface area contributed by atoms with Crippen LogP contribution < -0.4 is 14.8 Å². The minimum absolute atomic E-state index is 0.0692. The lowest BCUT2D eigenvalue weighted by Crippen LogP contribution is -2.13. The molecule has 0 aliphatic rings. The van der Waals surface area contributed by atoms with Gasteiger partial charge in [0.1, 0.15) is 0 Å². The highest BCUT2D eigenvalue weighted by atomic mass is 19.3. The molecule has 0 atom stereocenters. The summed E-state index contributed by atoms with van der Waals surface area (Å²) in [5.74, 6) is 0.257. The molecule has 1 heterocycles. The summed E-state index contributed by atoms with van der Waals surface area (Å²) in [5, 5.41) is 2.93. The first-order valence-corrected chi connectivity index (χ1v) is 6.19. The van der Waals surface area contributed by atoms with Crippen molar-refractivity contribution in [2.24, 2.45) is 0 Å². The molecule has 0 fully saturated rings. The molecule has 1 aromatic heterocycles. The van der Waals surface area contributed by atoms with Crippen molar-refractivity contribution in [1.82, 2.24) is 15.0 Å². The van der Waals surface area contributed by atoms with E-state index >= 15 is 0 Å². The summed E-state index contributed by atoms with van der Waals surface area (Å²) in [4.78, 5) is 11.7. The third-order valence-electron chi connectivity index (χ3n) is 1.90. The summed E-state index contributed by atoms with van der Waals surface area (Å²) in [6.07, 6.45) is -0.912. The molecule has 6 nitrogen and oxygen atoms in total. The van der Waals surface area contributed by atoms with Crippen LogP contribution in [0.1, 0.15) is 26.7 Å². The molecule has 1 rings (SSSR count). The van der Waals surface area contributed by atoms with Crippen molar-refractivity contribution in [2.45, 2.75) is 33.1 Å². The molecule has 0 amide bonds. The zero-order valence-electron chi connectivity index (χ0n) is 11.0. The molecule has 0 radical (unpaired) electrons. The van der Waals surface area contributed by atoms with Crippen LogP contribution in [0, 0.1) is 0 Å². The Hall–Kier alpha value is -1.73. The summed E-state index contributed by atoms with van der Waals surface area (Å²) < 4.78 is 34.2. The second kappa shape index (κ2) is 8.39.